The highest BCUT2D eigenvalue weighted by molar-refractivity contribution is 5.94. The third-order valence-electron chi connectivity index (χ3n) is 3.58. The Bertz CT molecular complexity index is 914. The second-order valence-electron chi connectivity index (χ2n) is 5.40. The van der Waals surface area contributed by atoms with Crippen LogP contribution in [0.4, 0.5) is 0 Å². The van der Waals surface area contributed by atoms with E-state index in [9.17, 15) is 9.59 Å². The molecule has 3 aromatic rings. The van der Waals surface area contributed by atoms with Crippen LogP contribution in [0.2, 0.25) is 0 Å². The van der Waals surface area contributed by atoms with Crippen molar-refractivity contribution >= 4 is 11.8 Å². The summed E-state index contributed by atoms with van der Waals surface area (Å²) in [6.45, 7) is 1.29. The maximum atomic E-state index is 12.1. The third kappa shape index (κ3) is 3.97. The molecule has 0 aliphatic rings. The number of ether oxygens (including phenoxy) is 2. The highest BCUT2D eigenvalue weighted by Gasteiger charge is 2.15. The van der Waals surface area contributed by atoms with E-state index in [0.717, 1.165) is 0 Å². The average molecular weight is 356 g/mol. The molecule has 0 saturated heterocycles. The number of rotatable bonds is 7. The smallest absolute Gasteiger partial charge is 0.310 e. The van der Waals surface area contributed by atoms with Gasteiger partial charge in [0.1, 0.15) is 5.75 Å². The number of hydrogen-bond donors (Lipinski definition) is 0. The molecular formula is C18H16N2O6. The van der Waals surface area contributed by atoms with Crippen molar-refractivity contribution in [2.45, 2.75) is 20.0 Å². The predicted molar refractivity (Wildman–Crippen MR) is 88.5 cm³/mol. The van der Waals surface area contributed by atoms with Gasteiger partial charge in [-0.1, -0.05) is 0 Å². The number of Topliss-reactive ketones (excluding diaryl/α,β-unsaturated/α-hetero) is 1. The van der Waals surface area contributed by atoms with Gasteiger partial charge in [0.15, 0.2) is 18.2 Å². The van der Waals surface area contributed by atoms with Crippen LogP contribution < -0.4 is 4.74 Å². The van der Waals surface area contributed by atoms with Crippen molar-refractivity contribution in [3.05, 3.63) is 53.6 Å². The SMILES string of the molecule is COc1ccc(C(C)=O)cc1CC(=O)OCc1nnc(-c2ccco2)o1. The predicted octanol–water partition coefficient (Wildman–Crippen LogP) is 2.83. The number of benzene rings is 1. The van der Waals surface area contributed by atoms with Crippen molar-refractivity contribution in [3.63, 3.8) is 0 Å². The number of esters is 1. The molecule has 0 aliphatic carbocycles. The van der Waals surface area contributed by atoms with Gasteiger partial charge in [-0.05, 0) is 37.3 Å². The molecule has 2 heterocycles. The summed E-state index contributed by atoms with van der Waals surface area (Å²) >= 11 is 0. The summed E-state index contributed by atoms with van der Waals surface area (Å²) in [5.74, 6) is 0.678. The summed E-state index contributed by atoms with van der Waals surface area (Å²) in [6.07, 6.45) is 1.44. The fourth-order valence-corrected chi connectivity index (χ4v) is 2.30. The molecule has 0 saturated carbocycles. The van der Waals surface area contributed by atoms with E-state index in [2.05, 4.69) is 10.2 Å². The molecule has 1 aromatic carbocycles. The van der Waals surface area contributed by atoms with Crippen molar-refractivity contribution in [2.75, 3.05) is 7.11 Å². The molecule has 0 aliphatic heterocycles. The quantitative estimate of drug-likeness (QED) is 0.470. The van der Waals surface area contributed by atoms with Crippen molar-refractivity contribution in [2.24, 2.45) is 0 Å². The van der Waals surface area contributed by atoms with Crippen LogP contribution in [0.3, 0.4) is 0 Å². The standard InChI is InChI=1S/C18H16N2O6/c1-11(21)12-5-6-14(23-2)13(8-12)9-17(22)25-10-16-19-20-18(26-16)15-4-3-7-24-15/h3-8H,9-10H2,1-2H3. The van der Waals surface area contributed by atoms with Crippen LogP contribution in [-0.4, -0.2) is 29.1 Å². The number of nitrogens with zero attached hydrogens (tertiary/aromatic N) is 2. The minimum atomic E-state index is -0.512. The van der Waals surface area contributed by atoms with Gasteiger partial charge in [-0.3, -0.25) is 9.59 Å². The molecule has 0 unspecified atom stereocenters. The maximum absolute atomic E-state index is 12.1. The Labute approximate surface area is 148 Å². The second-order valence-corrected chi connectivity index (χ2v) is 5.40. The van der Waals surface area contributed by atoms with Crippen LogP contribution >= 0.6 is 0 Å². The molecule has 26 heavy (non-hydrogen) atoms. The van der Waals surface area contributed by atoms with E-state index in [1.165, 1.54) is 20.3 Å². The lowest BCUT2D eigenvalue weighted by molar-refractivity contribution is -0.144. The lowest BCUT2D eigenvalue weighted by Gasteiger charge is -2.09. The number of furan rings is 1. The Hall–Kier alpha value is -3.42. The van der Waals surface area contributed by atoms with E-state index < -0.39 is 5.97 Å². The highest BCUT2D eigenvalue weighted by atomic mass is 16.5. The van der Waals surface area contributed by atoms with Crippen LogP contribution in [0, 0.1) is 0 Å². The molecular weight excluding hydrogens is 340 g/mol. The maximum Gasteiger partial charge on any atom is 0.310 e. The molecule has 0 radical (unpaired) electrons. The molecule has 0 spiro atoms. The van der Waals surface area contributed by atoms with Crippen molar-refractivity contribution in [3.8, 4) is 17.4 Å². The van der Waals surface area contributed by atoms with Crippen LogP contribution in [0.15, 0.2) is 45.4 Å². The summed E-state index contributed by atoms with van der Waals surface area (Å²) in [6, 6.07) is 8.28. The molecule has 3 rings (SSSR count). The first-order chi connectivity index (χ1) is 12.6. The van der Waals surface area contributed by atoms with E-state index in [0.29, 0.717) is 22.6 Å². The van der Waals surface area contributed by atoms with Crippen molar-refractivity contribution < 1.29 is 27.9 Å². The van der Waals surface area contributed by atoms with E-state index in [1.54, 1.807) is 30.3 Å². The molecule has 0 atom stereocenters. The minimum absolute atomic E-state index is 0.0521. The first-order valence-electron chi connectivity index (χ1n) is 7.76. The number of methoxy groups -OCH3 is 1. The third-order valence-corrected chi connectivity index (χ3v) is 3.58. The Kier molecular flexibility index (Phi) is 5.12. The van der Waals surface area contributed by atoms with E-state index in [4.69, 9.17) is 18.3 Å². The molecule has 134 valence electrons. The normalized spacial score (nSPS) is 10.5. The molecule has 2 aromatic heterocycles. The van der Waals surface area contributed by atoms with Crippen LogP contribution in [0.5, 0.6) is 5.75 Å². The van der Waals surface area contributed by atoms with Crippen LogP contribution in [0.1, 0.15) is 28.7 Å². The fraction of sp³-hybridized carbons (Fsp3) is 0.222. The summed E-state index contributed by atoms with van der Waals surface area (Å²) in [5, 5.41) is 7.62. The number of carbonyl (C=O) groups is 2. The zero-order valence-electron chi connectivity index (χ0n) is 14.2. The average Bonchev–Trinajstić information content (AvgIpc) is 3.31. The first-order valence-corrected chi connectivity index (χ1v) is 7.76. The molecule has 0 amide bonds. The van der Waals surface area contributed by atoms with Gasteiger partial charge < -0.3 is 18.3 Å². The van der Waals surface area contributed by atoms with E-state index in [1.807, 2.05) is 0 Å². The second kappa shape index (κ2) is 7.64. The Morgan fingerprint density at radius 2 is 2.04 bits per heavy atom. The summed E-state index contributed by atoms with van der Waals surface area (Å²) in [5.41, 5.74) is 1.06. The lowest BCUT2D eigenvalue weighted by atomic mass is 10.0. The Balaban J connectivity index is 1.62. The van der Waals surface area contributed by atoms with Gasteiger partial charge in [0, 0.05) is 11.1 Å². The van der Waals surface area contributed by atoms with Gasteiger partial charge in [0.2, 0.25) is 0 Å². The summed E-state index contributed by atoms with van der Waals surface area (Å²) in [7, 11) is 1.49. The Morgan fingerprint density at radius 3 is 2.73 bits per heavy atom. The Morgan fingerprint density at radius 1 is 1.19 bits per heavy atom. The van der Waals surface area contributed by atoms with E-state index in [-0.39, 0.29) is 30.6 Å². The number of hydrogen-bond acceptors (Lipinski definition) is 8. The fourth-order valence-electron chi connectivity index (χ4n) is 2.30. The highest BCUT2D eigenvalue weighted by Crippen LogP contribution is 2.22. The van der Waals surface area contributed by atoms with Crippen LogP contribution in [-0.2, 0) is 22.6 Å². The summed E-state index contributed by atoms with van der Waals surface area (Å²) < 4.78 is 20.9. The molecule has 8 nitrogen and oxygen atoms in total. The van der Waals surface area contributed by atoms with Gasteiger partial charge >= 0.3 is 5.97 Å². The zero-order valence-corrected chi connectivity index (χ0v) is 14.2. The minimum Gasteiger partial charge on any atom is -0.496 e. The number of ketones is 1. The first kappa shape index (κ1) is 17.4. The molecule has 0 fully saturated rings. The van der Waals surface area contributed by atoms with Crippen molar-refractivity contribution in [1.29, 1.82) is 0 Å². The molecule has 0 N–H and O–H groups in total. The largest absolute Gasteiger partial charge is 0.496 e. The molecule has 8 heteroatoms. The van der Waals surface area contributed by atoms with E-state index >= 15 is 0 Å². The monoisotopic (exact) mass is 356 g/mol. The lowest BCUT2D eigenvalue weighted by Crippen LogP contribution is -2.10. The van der Waals surface area contributed by atoms with Gasteiger partial charge in [0.25, 0.3) is 11.8 Å². The number of aromatic nitrogens is 2. The number of carbonyl (C=O) groups excluding carboxylic acids is 2. The topological polar surface area (TPSA) is 105 Å². The van der Waals surface area contributed by atoms with Crippen LogP contribution in [0.25, 0.3) is 11.7 Å². The zero-order chi connectivity index (χ0) is 18.5. The molecule has 0 bridgehead atoms. The van der Waals surface area contributed by atoms with Gasteiger partial charge in [0.05, 0.1) is 19.8 Å². The van der Waals surface area contributed by atoms with Gasteiger partial charge in [-0.2, -0.15) is 0 Å². The van der Waals surface area contributed by atoms with Crippen molar-refractivity contribution in [1.82, 2.24) is 10.2 Å². The van der Waals surface area contributed by atoms with Gasteiger partial charge in [-0.25, -0.2) is 0 Å². The summed E-state index contributed by atoms with van der Waals surface area (Å²) in [4.78, 5) is 23.6. The van der Waals surface area contributed by atoms with Gasteiger partial charge in [-0.15, -0.1) is 10.2 Å².